The summed E-state index contributed by atoms with van der Waals surface area (Å²) in [5.74, 6) is 0.773. The van der Waals surface area contributed by atoms with Crippen molar-refractivity contribution in [3.05, 3.63) is 88.5 Å². The Hall–Kier alpha value is -4.75. The van der Waals surface area contributed by atoms with Crippen LogP contribution in [0.25, 0.3) is 24.3 Å². The molecule has 3 rings (SSSR count). The number of carbonyl (C=O) groups excluding carboxylic acids is 1. The summed E-state index contributed by atoms with van der Waals surface area (Å²) in [5.41, 5.74) is 4.14. The van der Waals surface area contributed by atoms with Crippen LogP contribution < -0.4 is 14.2 Å². The van der Waals surface area contributed by atoms with Crippen LogP contribution in [-0.4, -0.2) is 345 Å². The van der Waals surface area contributed by atoms with Gasteiger partial charge in [0.25, 0.3) is 0 Å². The van der Waals surface area contributed by atoms with Crippen LogP contribution in [0, 0.1) is 0 Å². The molecule has 3 aromatic rings. The molecule has 0 aliphatic carbocycles. The standard InChI is InChI=1S/C74H120O28/c1-76-19-25-82-31-37-88-43-49-94-58-69(59-95-50-44-89-38-32-83-26-20-77-2)100-72-55-68(18-15-65-10-7-64(8-11-65)9-12-66-13-16-67(57-75)17-14-66)56-73(101-70(60-96-51-45-90-39-33-84-27-21-78-3)61-97-52-46-91-40-34-85-28-22-79-4)74(72)102-71(62-98-53-47-92-41-35-86-29-23-80-5)63-99-54-48-93-42-36-87-30-24-81-6/h7-18,55-57,69-71H,19-54,58-63H2,1-6H3/b12-9+,18-15+. The van der Waals surface area contributed by atoms with E-state index in [2.05, 4.69) is 0 Å². The van der Waals surface area contributed by atoms with Crippen molar-refractivity contribution in [3.8, 4) is 17.2 Å². The highest BCUT2D eigenvalue weighted by Crippen LogP contribution is 2.42. The minimum atomic E-state index is -0.775. The molecule has 28 nitrogen and oxygen atoms in total. The zero-order chi connectivity index (χ0) is 72.7. The molecular weight excluding hydrogens is 1340 g/mol. The van der Waals surface area contributed by atoms with Gasteiger partial charge < -0.3 is 128 Å². The van der Waals surface area contributed by atoms with Crippen LogP contribution in [0.2, 0.25) is 0 Å². The van der Waals surface area contributed by atoms with Gasteiger partial charge in [0.05, 0.1) is 277 Å². The van der Waals surface area contributed by atoms with Crippen molar-refractivity contribution in [3.63, 3.8) is 0 Å². The summed E-state index contributed by atoms with van der Waals surface area (Å²) < 4.78 is 158. The molecular formula is C74H120O28. The van der Waals surface area contributed by atoms with Gasteiger partial charge in [0.1, 0.15) is 24.6 Å². The zero-order valence-corrected chi connectivity index (χ0v) is 61.5. The second-order valence-electron chi connectivity index (χ2n) is 21.9. The molecule has 0 saturated carbocycles. The summed E-state index contributed by atoms with van der Waals surface area (Å²) in [7, 11) is 9.75. The van der Waals surface area contributed by atoms with E-state index in [1.54, 1.807) is 54.8 Å². The molecule has 584 valence electrons. The van der Waals surface area contributed by atoms with Gasteiger partial charge in [-0.25, -0.2) is 0 Å². The fraction of sp³-hybridized carbons (Fsp3) is 0.689. The Morgan fingerprint density at radius 2 is 0.402 bits per heavy atom. The summed E-state index contributed by atoms with van der Waals surface area (Å²) in [6.07, 6.45) is 6.53. The van der Waals surface area contributed by atoms with Crippen LogP contribution >= 0.6 is 0 Å². The number of methoxy groups -OCH3 is 6. The Bertz CT molecular complexity index is 2230. The van der Waals surface area contributed by atoms with E-state index in [1.807, 2.05) is 72.8 Å². The number of benzene rings is 3. The molecule has 0 atom stereocenters. The summed E-state index contributed by atoms with van der Waals surface area (Å²) in [6, 6.07) is 19.2. The lowest BCUT2D eigenvalue weighted by molar-refractivity contribution is -0.0508. The Morgan fingerprint density at radius 3 is 0.608 bits per heavy atom. The van der Waals surface area contributed by atoms with Crippen molar-refractivity contribution in [1.82, 2.24) is 0 Å². The Morgan fingerprint density at radius 1 is 0.225 bits per heavy atom. The van der Waals surface area contributed by atoms with E-state index in [0.29, 0.717) is 196 Å². The molecule has 0 aliphatic heterocycles. The normalized spacial score (nSPS) is 11.9. The first-order valence-electron chi connectivity index (χ1n) is 35.0. The van der Waals surface area contributed by atoms with Gasteiger partial charge in [-0.2, -0.15) is 0 Å². The molecule has 0 aliphatic rings. The second-order valence-corrected chi connectivity index (χ2v) is 21.9. The van der Waals surface area contributed by atoms with Gasteiger partial charge in [0.15, 0.2) is 11.5 Å². The third-order valence-electron chi connectivity index (χ3n) is 13.7. The van der Waals surface area contributed by atoms with Crippen molar-refractivity contribution >= 4 is 30.6 Å². The molecule has 0 heterocycles. The topological polar surface area (TPSA) is 266 Å². The quantitative estimate of drug-likeness (QED) is 0.0343. The lowest BCUT2D eigenvalue weighted by atomic mass is 10.1. The maximum Gasteiger partial charge on any atom is 0.204 e. The van der Waals surface area contributed by atoms with Gasteiger partial charge in [-0.1, -0.05) is 72.8 Å². The van der Waals surface area contributed by atoms with Crippen molar-refractivity contribution in [2.24, 2.45) is 0 Å². The number of hydrogen-bond donors (Lipinski definition) is 0. The summed E-state index contributed by atoms with van der Waals surface area (Å²) in [6.45, 7) is 13.8. The summed E-state index contributed by atoms with van der Waals surface area (Å²) in [4.78, 5) is 11.3. The first kappa shape index (κ1) is 91.5. The van der Waals surface area contributed by atoms with Gasteiger partial charge >= 0.3 is 0 Å². The molecule has 0 unspecified atom stereocenters. The van der Waals surface area contributed by atoms with Crippen molar-refractivity contribution in [2.75, 3.05) is 320 Å². The molecule has 3 aromatic carbocycles. The van der Waals surface area contributed by atoms with Crippen LogP contribution in [-0.2, 0) is 114 Å². The van der Waals surface area contributed by atoms with Gasteiger partial charge in [-0.05, 0) is 34.4 Å². The van der Waals surface area contributed by atoms with E-state index < -0.39 is 18.3 Å². The number of aldehydes is 1. The van der Waals surface area contributed by atoms with Crippen molar-refractivity contribution in [1.29, 1.82) is 0 Å². The predicted octanol–water partition coefficient (Wildman–Crippen LogP) is 6.26. The number of carbonyl (C=O) groups is 1. The SMILES string of the molecule is COCCOCCOCCOCC(COCCOCCOCCOC)Oc1cc(/C=C/c2ccc(/C=C/c3ccc(C=O)cc3)cc2)cc(OC(COCCOCCOCCOC)COCCOCCOCCOC)c1OC(COCCOCCOCCOC)COCCOCCOCCOC. The zero-order valence-electron chi connectivity index (χ0n) is 61.5. The predicted molar refractivity (Wildman–Crippen MR) is 382 cm³/mol. The van der Waals surface area contributed by atoms with E-state index in [1.165, 1.54) is 0 Å². The van der Waals surface area contributed by atoms with Crippen LogP contribution in [0.1, 0.15) is 32.6 Å². The van der Waals surface area contributed by atoms with Crippen LogP contribution in [0.5, 0.6) is 17.2 Å². The summed E-state index contributed by atoms with van der Waals surface area (Å²) in [5, 5.41) is 0. The molecule has 0 spiro atoms. The van der Waals surface area contributed by atoms with Crippen molar-refractivity contribution < 1.29 is 133 Å². The van der Waals surface area contributed by atoms with E-state index >= 15 is 0 Å². The smallest absolute Gasteiger partial charge is 0.204 e. The van der Waals surface area contributed by atoms with Gasteiger partial charge in [-0.3, -0.25) is 4.79 Å². The van der Waals surface area contributed by atoms with Crippen molar-refractivity contribution in [2.45, 2.75) is 18.3 Å². The molecule has 0 saturated heterocycles. The minimum Gasteiger partial charge on any atom is -0.482 e. The van der Waals surface area contributed by atoms with E-state index in [9.17, 15) is 4.79 Å². The fourth-order valence-corrected chi connectivity index (χ4v) is 8.43. The Kier molecular flexibility index (Phi) is 62.1. The highest BCUT2D eigenvalue weighted by atomic mass is 16.6. The molecule has 0 fully saturated rings. The Labute approximate surface area is 605 Å². The maximum atomic E-state index is 11.3. The molecule has 0 radical (unpaired) electrons. The first-order valence-corrected chi connectivity index (χ1v) is 35.0. The van der Waals surface area contributed by atoms with Crippen LogP contribution in [0.15, 0.2) is 60.7 Å². The summed E-state index contributed by atoms with van der Waals surface area (Å²) >= 11 is 0. The number of rotatable bonds is 77. The first-order chi connectivity index (χ1) is 50.5. The molecule has 102 heavy (non-hydrogen) atoms. The molecule has 0 amide bonds. The third kappa shape index (κ3) is 52.3. The minimum absolute atomic E-state index is 0.0506. The van der Waals surface area contributed by atoms with E-state index in [-0.39, 0.29) is 110 Å². The largest absolute Gasteiger partial charge is 0.482 e. The molecule has 0 aromatic heterocycles. The lowest BCUT2D eigenvalue weighted by Gasteiger charge is -2.27. The Balaban J connectivity index is 2.18. The third-order valence-corrected chi connectivity index (χ3v) is 13.7. The highest BCUT2D eigenvalue weighted by Gasteiger charge is 2.26. The van der Waals surface area contributed by atoms with E-state index in [4.69, 9.17) is 128 Å². The van der Waals surface area contributed by atoms with Gasteiger partial charge in [-0.15, -0.1) is 0 Å². The average Bonchev–Trinajstić information content (AvgIpc) is 0.808. The van der Waals surface area contributed by atoms with E-state index in [0.717, 1.165) is 23.0 Å². The van der Waals surface area contributed by atoms with Gasteiger partial charge in [0, 0.05) is 48.2 Å². The highest BCUT2D eigenvalue weighted by molar-refractivity contribution is 5.77. The fourth-order valence-electron chi connectivity index (χ4n) is 8.43. The lowest BCUT2D eigenvalue weighted by Crippen LogP contribution is -2.33. The molecule has 28 heteroatoms. The number of hydrogen-bond acceptors (Lipinski definition) is 28. The maximum absolute atomic E-state index is 11.3. The van der Waals surface area contributed by atoms with Gasteiger partial charge in [0.2, 0.25) is 5.75 Å². The second kappa shape index (κ2) is 69.3. The molecule has 0 N–H and O–H groups in total. The van der Waals surface area contributed by atoms with Crippen LogP contribution in [0.3, 0.4) is 0 Å². The number of ether oxygens (including phenoxy) is 27. The average molecular weight is 1460 g/mol. The monoisotopic (exact) mass is 1460 g/mol. The van der Waals surface area contributed by atoms with Crippen LogP contribution in [0.4, 0.5) is 0 Å². The molecule has 0 bridgehead atoms.